The molecule has 1 saturated heterocycles. The first-order valence-electron chi connectivity index (χ1n) is 7.29. The Kier molecular flexibility index (Phi) is 5.74. The highest BCUT2D eigenvalue weighted by molar-refractivity contribution is 7.89. The monoisotopic (exact) mass is 307 g/mol. The van der Waals surface area contributed by atoms with Crippen LogP contribution in [0.25, 0.3) is 0 Å². The predicted octanol–water partition coefficient (Wildman–Crippen LogP) is 1.35. The summed E-state index contributed by atoms with van der Waals surface area (Å²) in [6, 6.07) is 1.57. The van der Waals surface area contributed by atoms with Crippen molar-refractivity contribution in [2.45, 2.75) is 37.0 Å². The first kappa shape index (κ1) is 16.0. The van der Waals surface area contributed by atoms with E-state index >= 15 is 0 Å². The third-order valence-electron chi connectivity index (χ3n) is 3.50. The molecule has 21 heavy (non-hydrogen) atoms. The molecule has 1 aromatic heterocycles. The highest BCUT2D eigenvalue weighted by Crippen LogP contribution is 2.20. The summed E-state index contributed by atoms with van der Waals surface area (Å²) in [5, 5.41) is 0. The fraction of sp³-hybridized carbons (Fsp3) is 0.533. The highest BCUT2D eigenvalue weighted by atomic mass is 32.2. The SMILES string of the molecule is NCC#Cc1cncc(S(=O)(=O)N2CCCCCCC2)c1. The van der Waals surface area contributed by atoms with Crippen LogP contribution in [0.2, 0.25) is 0 Å². The van der Waals surface area contributed by atoms with Gasteiger partial charge in [0.2, 0.25) is 10.0 Å². The van der Waals surface area contributed by atoms with Crippen molar-refractivity contribution in [1.29, 1.82) is 0 Å². The Bertz CT molecular complexity index is 624. The van der Waals surface area contributed by atoms with Crippen LogP contribution in [0.4, 0.5) is 0 Å². The number of pyridine rings is 1. The molecule has 1 aliphatic rings. The zero-order valence-electron chi connectivity index (χ0n) is 12.1. The molecule has 0 spiro atoms. The number of nitrogens with zero attached hydrogens (tertiary/aromatic N) is 2. The van der Waals surface area contributed by atoms with Crippen LogP contribution >= 0.6 is 0 Å². The summed E-state index contributed by atoms with van der Waals surface area (Å²) in [7, 11) is -3.48. The van der Waals surface area contributed by atoms with E-state index in [1.807, 2.05) is 0 Å². The van der Waals surface area contributed by atoms with Crippen LogP contribution < -0.4 is 5.73 Å². The van der Waals surface area contributed by atoms with Crippen molar-refractivity contribution in [3.8, 4) is 11.8 Å². The number of aromatic nitrogens is 1. The molecule has 2 N–H and O–H groups in total. The Hall–Kier alpha value is -1.42. The standard InChI is InChI=1S/C15H21N3O2S/c16-8-6-7-14-11-15(13-17-12-14)21(19,20)18-9-4-2-1-3-5-10-18/h11-13H,1-5,8-10,16H2. The van der Waals surface area contributed by atoms with E-state index < -0.39 is 10.0 Å². The molecule has 1 fully saturated rings. The summed E-state index contributed by atoms with van der Waals surface area (Å²) in [5.41, 5.74) is 5.91. The lowest BCUT2D eigenvalue weighted by Crippen LogP contribution is -2.33. The van der Waals surface area contributed by atoms with Gasteiger partial charge in [0.1, 0.15) is 4.90 Å². The van der Waals surface area contributed by atoms with E-state index in [4.69, 9.17) is 5.73 Å². The average Bonchev–Trinajstić information content (AvgIpc) is 2.44. The first-order valence-corrected chi connectivity index (χ1v) is 8.73. The molecule has 0 aromatic carbocycles. The maximum atomic E-state index is 12.7. The molecule has 0 aliphatic carbocycles. The van der Waals surface area contributed by atoms with Crippen LogP contribution in [0.15, 0.2) is 23.4 Å². The second-order valence-electron chi connectivity index (χ2n) is 5.09. The van der Waals surface area contributed by atoms with Gasteiger partial charge in [-0.1, -0.05) is 31.1 Å². The maximum absolute atomic E-state index is 12.7. The number of nitrogens with two attached hydrogens (primary N) is 1. The van der Waals surface area contributed by atoms with Crippen LogP contribution in [-0.4, -0.2) is 37.3 Å². The highest BCUT2D eigenvalue weighted by Gasteiger charge is 2.25. The van der Waals surface area contributed by atoms with Crippen molar-refractivity contribution in [3.05, 3.63) is 24.0 Å². The van der Waals surface area contributed by atoms with Crippen molar-refractivity contribution in [2.24, 2.45) is 5.73 Å². The van der Waals surface area contributed by atoms with E-state index in [9.17, 15) is 8.42 Å². The Morgan fingerprint density at radius 1 is 1.14 bits per heavy atom. The number of sulfonamides is 1. The lowest BCUT2D eigenvalue weighted by Gasteiger charge is -2.24. The predicted molar refractivity (Wildman–Crippen MR) is 82.0 cm³/mol. The van der Waals surface area contributed by atoms with Gasteiger partial charge in [0.25, 0.3) is 0 Å². The van der Waals surface area contributed by atoms with Crippen molar-refractivity contribution < 1.29 is 8.42 Å². The van der Waals surface area contributed by atoms with E-state index in [-0.39, 0.29) is 11.4 Å². The van der Waals surface area contributed by atoms with Gasteiger partial charge in [0, 0.05) is 31.0 Å². The summed E-state index contributed by atoms with van der Waals surface area (Å²) in [5.74, 6) is 5.53. The average molecular weight is 307 g/mol. The molecule has 1 aliphatic heterocycles. The van der Waals surface area contributed by atoms with E-state index in [2.05, 4.69) is 16.8 Å². The van der Waals surface area contributed by atoms with Crippen LogP contribution in [0.3, 0.4) is 0 Å². The Morgan fingerprint density at radius 3 is 2.48 bits per heavy atom. The largest absolute Gasteiger partial charge is 0.320 e. The maximum Gasteiger partial charge on any atom is 0.244 e. The molecule has 2 heterocycles. The Balaban J connectivity index is 2.25. The van der Waals surface area contributed by atoms with E-state index in [1.165, 1.54) is 12.6 Å². The smallest absolute Gasteiger partial charge is 0.244 e. The molecular weight excluding hydrogens is 286 g/mol. The molecule has 5 nitrogen and oxygen atoms in total. The number of hydrogen-bond acceptors (Lipinski definition) is 4. The minimum absolute atomic E-state index is 0.215. The van der Waals surface area contributed by atoms with Gasteiger partial charge in [-0.3, -0.25) is 4.98 Å². The lowest BCUT2D eigenvalue weighted by atomic mass is 10.1. The molecule has 0 radical (unpaired) electrons. The van der Waals surface area contributed by atoms with Gasteiger partial charge in [-0.05, 0) is 18.9 Å². The molecule has 0 unspecified atom stereocenters. The van der Waals surface area contributed by atoms with E-state index in [0.717, 1.165) is 25.7 Å². The van der Waals surface area contributed by atoms with Gasteiger partial charge in [-0.25, -0.2) is 8.42 Å². The molecule has 0 atom stereocenters. The lowest BCUT2D eigenvalue weighted by molar-refractivity contribution is 0.364. The first-order chi connectivity index (χ1) is 10.1. The summed E-state index contributed by atoms with van der Waals surface area (Å²) in [6.45, 7) is 1.41. The van der Waals surface area contributed by atoms with Crippen LogP contribution in [0.1, 0.15) is 37.7 Å². The Labute approximate surface area is 126 Å². The minimum atomic E-state index is -3.48. The number of rotatable bonds is 2. The molecule has 2 rings (SSSR count). The van der Waals surface area contributed by atoms with E-state index in [0.29, 0.717) is 18.7 Å². The molecule has 1 aromatic rings. The fourth-order valence-corrected chi connectivity index (χ4v) is 3.90. The van der Waals surface area contributed by atoms with Gasteiger partial charge >= 0.3 is 0 Å². The zero-order valence-corrected chi connectivity index (χ0v) is 12.9. The van der Waals surface area contributed by atoms with Crippen LogP contribution in [0.5, 0.6) is 0 Å². The van der Waals surface area contributed by atoms with Gasteiger partial charge < -0.3 is 5.73 Å². The van der Waals surface area contributed by atoms with Gasteiger partial charge in [-0.2, -0.15) is 4.31 Å². The Morgan fingerprint density at radius 2 is 1.81 bits per heavy atom. The molecule has 114 valence electrons. The summed E-state index contributed by atoms with van der Waals surface area (Å²) in [4.78, 5) is 4.21. The van der Waals surface area contributed by atoms with Gasteiger partial charge in [0.15, 0.2) is 0 Å². The third kappa shape index (κ3) is 4.27. The van der Waals surface area contributed by atoms with Crippen LogP contribution in [-0.2, 0) is 10.0 Å². The molecular formula is C15H21N3O2S. The topological polar surface area (TPSA) is 76.3 Å². The van der Waals surface area contributed by atoms with Crippen molar-refractivity contribution >= 4 is 10.0 Å². The zero-order chi connectivity index (χ0) is 15.1. The summed E-state index contributed by atoms with van der Waals surface area (Å²) >= 11 is 0. The van der Waals surface area contributed by atoms with Crippen molar-refractivity contribution in [1.82, 2.24) is 9.29 Å². The van der Waals surface area contributed by atoms with Gasteiger partial charge in [-0.15, -0.1) is 0 Å². The second kappa shape index (κ2) is 7.55. The van der Waals surface area contributed by atoms with Crippen molar-refractivity contribution in [3.63, 3.8) is 0 Å². The van der Waals surface area contributed by atoms with Crippen molar-refractivity contribution in [2.75, 3.05) is 19.6 Å². The van der Waals surface area contributed by atoms with E-state index in [1.54, 1.807) is 16.6 Å². The normalized spacial score (nSPS) is 17.4. The molecule has 0 amide bonds. The number of hydrogen-bond donors (Lipinski definition) is 1. The second-order valence-corrected chi connectivity index (χ2v) is 7.03. The third-order valence-corrected chi connectivity index (χ3v) is 5.36. The molecule has 0 bridgehead atoms. The van der Waals surface area contributed by atoms with Gasteiger partial charge in [0.05, 0.1) is 6.54 Å². The van der Waals surface area contributed by atoms with Crippen LogP contribution in [0, 0.1) is 11.8 Å². The quantitative estimate of drug-likeness (QED) is 0.837. The minimum Gasteiger partial charge on any atom is -0.320 e. The fourth-order valence-electron chi connectivity index (χ4n) is 2.39. The molecule has 6 heteroatoms. The summed E-state index contributed by atoms with van der Waals surface area (Å²) in [6.07, 6.45) is 8.15. The summed E-state index contributed by atoms with van der Waals surface area (Å²) < 4.78 is 27.0. The molecule has 0 saturated carbocycles.